The molecule has 0 bridgehead atoms. The number of hydrogen-bond donors (Lipinski definition) is 6. The Bertz CT molecular complexity index is 923. The van der Waals surface area contributed by atoms with Crippen LogP contribution in [0.2, 0.25) is 0 Å². The second-order valence-electron chi connectivity index (χ2n) is 14.5. The van der Waals surface area contributed by atoms with E-state index in [-0.39, 0.29) is 31.5 Å². The minimum atomic E-state index is -0.0509. The summed E-state index contributed by atoms with van der Waals surface area (Å²) in [5.74, 6) is 4.71. The van der Waals surface area contributed by atoms with Crippen LogP contribution in [-0.2, 0) is 17.9 Å². The molecule has 1 fully saturated rings. The van der Waals surface area contributed by atoms with Crippen molar-refractivity contribution >= 4 is 9.58 Å². The van der Waals surface area contributed by atoms with Gasteiger partial charge >= 0.3 is 27.5 Å². The standard InChI is InChI=1S/C11H8NO.C10H20.C8H18O.2C6H14O.C4H10O.C2H6O.CH3.ClH.Ir.H2O/c13-11-8-4-7-10(12-11)9-5-2-1-3-6-9;1-6-7(2)9(4)10(5)8(6)3;1-2-3-4-5-6-7-8-9;1-3-5-6(7)4-2;1-2-3-4-5-6-7;1-2-3-4-5;1-2-3;;;;/h1-5,7-8H,(H,12,13);6-10H,1-5H3;9H,2-8H2,1H3;6-7H,3-5H2,1-2H3;7H,2-6H2,1H3;5H,2-4H2,1H3;3H,2H2,1H3;1H3;1H;;1H2/q-1;;;;;;;-1;;+3;/p-1. The van der Waals surface area contributed by atoms with Crippen LogP contribution in [-0.4, -0.2) is 73.6 Å². The van der Waals surface area contributed by atoms with Crippen LogP contribution in [0.1, 0.15) is 172 Å². The third-order valence-electron chi connectivity index (χ3n) is 9.99. The molecule has 0 spiro atoms. The van der Waals surface area contributed by atoms with E-state index in [2.05, 4.69) is 82.9 Å². The zero-order valence-electron chi connectivity index (χ0n) is 39.3. The predicted octanol–water partition coefficient (Wildman–Crippen LogP) is 12.0. The van der Waals surface area contributed by atoms with E-state index in [1.54, 1.807) is 19.1 Å². The number of hydrogen-bond acceptors (Lipinski definition) is 7. The van der Waals surface area contributed by atoms with Crippen molar-refractivity contribution in [2.45, 2.75) is 179 Å². The fraction of sp³-hybridized carbons (Fsp3) is 0.750. The molecule has 8 N–H and O–H groups in total. The molecule has 58 heavy (non-hydrogen) atoms. The number of aliphatic hydroxyl groups is 5. The summed E-state index contributed by atoms with van der Waals surface area (Å²) in [5.41, 5.74) is 1.62. The molecule has 1 aromatic carbocycles. The summed E-state index contributed by atoms with van der Waals surface area (Å²) >= 11 is 1.47. The Kier molecular flexibility index (Phi) is 71.3. The van der Waals surface area contributed by atoms with Crippen molar-refractivity contribution in [3.8, 4) is 17.1 Å². The summed E-state index contributed by atoms with van der Waals surface area (Å²) in [5, 5.41) is 50.4. The quantitative estimate of drug-likeness (QED) is 0.0719. The minimum absolute atomic E-state index is 0. The normalized spacial score (nSPS) is 17.3. The Balaban J connectivity index is -0.000000107. The monoisotopic (exact) mass is 1030 g/mol. The summed E-state index contributed by atoms with van der Waals surface area (Å²) < 4.78 is 0. The van der Waals surface area contributed by atoms with E-state index >= 15 is 0 Å². The van der Waals surface area contributed by atoms with Crippen molar-refractivity contribution in [2.75, 3.05) is 26.4 Å². The summed E-state index contributed by atoms with van der Waals surface area (Å²) in [4.78, 5) is 3.97. The Morgan fingerprint density at radius 2 is 1.00 bits per heavy atom. The van der Waals surface area contributed by atoms with Gasteiger partial charge in [0.15, 0.2) is 0 Å². The van der Waals surface area contributed by atoms with Crippen LogP contribution in [0.4, 0.5) is 0 Å². The number of pyridine rings is 1. The molecule has 10 heteroatoms. The first-order chi connectivity index (χ1) is 26.9. The van der Waals surface area contributed by atoms with Crippen LogP contribution in [0.15, 0.2) is 42.5 Å². The molecule has 2 aromatic rings. The summed E-state index contributed by atoms with van der Waals surface area (Å²) in [6.45, 7) is 25.5. The Hall–Kier alpha value is -1.13. The molecule has 8 nitrogen and oxygen atoms in total. The Morgan fingerprint density at radius 3 is 1.29 bits per heavy atom. The molecule has 1 saturated carbocycles. The van der Waals surface area contributed by atoms with Gasteiger partial charge in [-0.3, -0.25) is 4.98 Å². The number of aromatic nitrogens is 1. The fourth-order valence-electron chi connectivity index (χ4n) is 5.65. The maximum absolute atomic E-state index is 9.15. The van der Waals surface area contributed by atoms with E-state index < -0.39 is 0 Å². The first-order valence-electron chi connectivity index (χ1n) is 21.8. The predicted molar refractivity (Wildman–Crippen MR) is 250 cm³/mol. The number of rotatable bonds is 16. The van der Waals surface area contributed by atoms with Crippen molar-refractivity contribution in [1.82, 2.24) is 4.98 Å². The Morgan fingerprint density at radius 1 is 0.603 bits per heavy atom. The third-order valence-corrected chi connectivity index (χ3v) is 9.99. The number of benzene rings is 1. The molecule has 0 radical (unpaired) electrons. The van der Waals surface area contributed by atoms with Gasteiger partial charge in [0.1, 0.15) is 0 Å². The van der Waals surface area contributed by atoms with Gasteiger partial charge in [0, 0.05) is 26.4 Å². The molecule has 1 aliphatic rings. The second kappa shape index (κ2) is 58.0. The summed E-state index contributed by atoms with van der Waals surface area (Å²) in [7, 11) is 4.64. The molecular formula is C48H95ClIrNO7. The van der Waals surface area contributed by atoms with Gasteiger partial charge in [-0.05, 0) is 80.4 Å². The van der Waals surface area contributed by atoms with E-state index in [1.165, 1.54) is 69.3 Å². The number of unbranched alkanes of at least 4 members (excludes halogenated alkanes) is 9. The molecule has 0 saturated heterocycles. The first-order valence-corrected chi connectivity index (χ1v) is 24.7. The van der Waals surface area contributed by atoms with Crippen LogP contribution in [0.3, 0.4) is 0 Å². The van der Waals surface area contributed by atoms with Crippen molar-refractivity contribution < 1.29 is 54.0 Å². The number of halogens is 1. The molecule has 1 atom stereocenters. The SMILES string of the molecule is CC1C(C)C(C)C(C)C1C.CCCC(O)CC.CCCCCCCCO.CCCCCCO.CCCCO.CCO.O.Oc1cccc(-c2[c-]cccc2)n1.[CH3-].[Cl][Ir+2]. The zero-order valence-corrected chi connectivity index (χ0v) is 42.4. The van der Waals surface area contributed by atoms with Crippen molar-refractivity contribution in [3.05, 3.63) is 56.0 Å². The molecule has 1 unspecified atom stereocenters. The van der Waals surface area contributed by atoms with Gasteiger partial charge in [0.25, 0.3) is 0 Å². The van der Waals surface area contributed by atoms with E-state index in [0.717, 1.165) is 85.8 Å². The van der Waals surface area contributed by atoms with Crippen LogP contribution in [0.5, 0.6) is 5.88 Å². The van der Waals surface area contributed by atoms with Crippen LogP contribution < -0.4 is 0 Å². The molecule has 0 amide bonds. The average Bonchev–Trinajstić information content (AvgIpc) is 3.38. The van der Waals surface area contributed by atoms with Crippen LogP contribution >= 0.6 is 9.58 Å². The number of nitrogens with zero attached hydrogens (tertiary/aromatic N) is 1. The average molecular weight is 1030 g/mol. The van der Waals surface area contributed by atoms with E-state index in [4.69, 9.17) is 30.6 Å². The molecule has 1 aliphatic carbocycles. The van der Waals surface area contributed by atoms with Gasteiger partial charge in [-0.2, -0.15) is 0 Å². The summed E-state index contributed by atoms with van der Waals surface area (Å²) in [6.07, 6.45) is 17.1. The second-order valence-corrected chi connectivity index (χ2v) is 14.5. The van der Waals surface area contributed by atoms with Gasteiger partial charge in [-0.15, -0.1) is 35.9 Å². The van der Waals surface area contributed by atoms with E-state index in [0.29, 0.717) is 19.8 Å². The first kappa shape index (κ1) is 71.4. The van der Waals surface area contributed by atoms with Crippen molar-refractivity contribution in [3.63, 3.8) is 0 Å². The zero-order chi connectivity index (χ0) is 44.0. The Labute approximate surface area is 374 Å². The molecule has 3 rings (SSSR count). The van der Waals surface area contributed by atoms with E-state index in [1.807, 2.05) is 37.3 Å². The van der Waals surface area contributed by atoms with Gasteiger partial charge in [0.05, 0.1) is 6.10 Å². The van der Waals surface area contributed by atoms with Gasteiger partial charge in [0.2, 0.25) is 5.88 Å². The van der Waals surface area contributed by atoms with E-state index in [9.17, 15) is 0 Å². The topological polar surface area (TPSA) is 166 Å². The molecular weight excluding hydrogens is 930 g/mol. The van der Waals surface area contributed by atoms with Crippen LogP contribution in [0.25, 0.3) is 11.3 Å². The summed E-state index contributed by atoms with van der Waals surface area (Å²) in [6, 6.07) is 15.7. The number of aliphatic hydroxyl groups excluding tert-OH is 5. The van der Waals surface area contributed by atoms with Gasteiger partial charge < -0.3 is 43.5 Å². The van der Waals surface area contributed by atoms with Crippen molar-refractivity contribution in [2.24, 2.45) is 29.6 Å². The molecule has 1 heterocycles. The molecule has 0 aliphatic heterocycles. The van der Waals surface area contributed by atoms with Crippen LogP contribution in [0, 0.1) is 43.1 Å². The molecule has 1 aromatic heterocycles. The van der Waals surface area contributed by atoms with Gasteiger partial charge in [-0.25, -0.2) is 0 Å². The van der Waals surface area contributed by atoms with Gasteiger partial charge in [-0.1, -0.05) is 146 Å². The maximum atomic E-state index is 9.15. The third kappa shape index (κ3) is 47.5. The molecule has 350 valence electrons. The fourth-order valence-corrected chi connectivity index (χ4v) is 5.65. The number of aromatic hydroxyl groups is 1. The van der Waals surface area contributed by atoms with Crippen molar-refractivity contribution in [1.29, 1.82) is 0 Å².